The van der Waals surface area contributed by atoms with Crippen LogP contribution in [0.1, 0.15) is 24.3 Å². The number of rotatable bonds is 4. The Labute approximate surface area is 113 Å². The maximum absolute atomic E-state index is 12.4. The van der Waals surface area contributed by atoms with E-state index in [-0.39, 0.29) is 17.6 Å². The van der Waals surface area contributed by atoms with Gasteiger partial charge in [0.05, 0.1) is 6.10 Å². The van der Waals surface area contributed by atoms with Crippen LogP contribution >= 0.6 is 0 Å². The van der Waals surface area contributed by atoms with Crippen LogP contribution in [0.4, 0.5) is 0 Å². The van der Waals surface area contributed by atoms with E-state index >= 15 is 0 Å². The average molecular weight is 260 g/mol. The van der Waals surface area contributed by atoms with Crippen molar-refractivity contribution in [2.24, 2.45) is 5.92 Å². The first-order valence-electron chi connectivity index (χ1n) is 6.59. The van der Waals surface area contributed by atoms with Gasteiger partial charge in [-0.25, -0.2) is 0 Å². The number of aliphatic hydroxyl groups is 1. The van der Waals surface area contributed by atoms with Crippen molar-refractivity contribution in [2.75, 3.05) is 7.11 Å². The number of aliphatic hydroxyl groups excluding tert-OH is 1. The van der Waals surface area contributed by atoms with Crippen LogP contribution in [-0.4, -0.2) is 30.2 Å². The number of Topliss-reactive ketones (excluding diaryl/α,β-unsaturated/α-hetero) is 1. The molecule has 0 radical (unpaired) electrons. The van der Waals surface area contributed by atoms with Crippen molar-refractivity contribution in [2.45, 2.75) is 31.0 Å². The highest BCUT2D eigenvalue weighted by Crippen LogP contribution is 2.35. The summed E-state index contributed by atoms with van der Waals surface area (Å²) < 4.78 is 5.19. The Morgan fingerprint density at radius 3 is 2.63 bits per heavy atom. The number of ketones is 1. The second kappa shape index (κ2) is 6.13. The second-order valence-electron chi connectivity index (χ2n) is 5.03. The van der Waals surface area contributed by atoms with E-state index in [1.165, 1.54) is 7.11 Å². The van der Waals surface area contributed by atoms with Crippen molar-refractivity contribution in [1.29, 1.82) is 0 Å². The first-order valence-corrected chi connectivity index (χ1v) is 6.59. The molecular formula is C16H20O3. The van der Waals surface area contributed by atoms with E-state index < -0.39 is 12.2 Å². The minimum atomic E-state index is -0.500. The van der Waals surface area contributed by atoms with E-state index in [1.807, 2.05) is 30.3 Å². The number of benzene rings is 1. The molecule has 0 aliphatic heterocycles. The van der Waals surface area contributed by atoms with Crippen LogP contribution in [0.2, 0.25) is 0 Å². The quantitative estimate of drug-likeness (QED) is 0.845. The maximum atomic E-state index is 12.4. The van der Waals surface area contributed by atoms with E-state index in [2.05, 4.69) is 6.58 Å². The van der Waals surface area contributed by atoms with Gasteiger partial charge in [-0.15, -0.1) is 6.58 Å². The molecule has 0 amide bonds. The molecule has 1 fully saturated rings. The van der Waals surface area contributed by atoms with Gasteiger partial charge in [-0.3, -0.25) is 4.79 Å². The molecule has 1 aliphatic rings. The summed E-state index contributed by atoms with van der Waals surface area (Å²) in [4.78, 5) is 12.4. The minimum absolute atomic E-state index is 0.0682. The Kier molecular flexibility index (Phi) is 4.51. The number of carbonyl (C=O) groups is 1. The first-order chi connectivity index (χ1) is 9.17. The van der Waals surface area contributed by atoms with Crippen LogP contribution in [0, 0.1) is 5.92 Å². The van der Waals surface area contributed by atoms with Crippen LogP contribution < -0.4 is 0 Å². The fourth-order valence-corrected chi connectivity index (χ4v) is 2.85. The molecule has 2 rings (SSSR count). The van der Waals surface area contributed by atoms with Crippen LogP contribution in [0.5, 0.6) is 0 Å². The van der Waals surface area contributed by atoms with Crippen molar-refractivity contribution >= 4 is 5.78 Å². The lowest BCUT2D eigenvalue weighted by Gasteiger charge is -2.34. The lowest BCUT2D eigenvalue weighted by Crippen LogP contribution is -2.42. The fourth-order valence-electron chi connectivity index (χ4n) is 2.85. The predicted molar refractivity (Wildman–Crippen MR) is 73.9 cm³/mol. The van der Waals surface area contributed by atoms with Gasteiger partial charge in [-0.2, -0.15) is 0 Å². The Morgan fingerprint density at radius 1 is 1.37 bits per heavy atom. The van der Waals surface area contributed by atoms with Crippen LogP contribution in [0.15, 0.2) is 43.0 Å². The van der Waals surface area contributed by atoms with Gasteiger partial charge < -0.3 is 9.84 Å². The first kappa shape index (κ1) is 14.0. The smallest absolute Gasteiger partial charge is 0.165 e. The van der Waals surface area contributed by atoms with E-state index in [0.717, 1.165) is 5.56 Å². The molecule has 0 heterocycles. The molecule has 0 aromatic heterocycles. The summed E-state index contributed by atoms with van der Waals surface area (Å²) >= 11 is 0. The Morgan fingerprint density at radius 2 is 2.05 bits per heavy atom. The largest absolute Gasteiger partial charge is 0.393 e. The molecule has 1 aliphatic carbocycles. The van der Waals surface area contributed by atoms with E-state index in [4.69, 9.17) is 4.74 Å². The van der Waals surface area contributed by atoms with Gasteiger partial charge in [-0.05, 0) is 12.0 Å². The van der Waals surface area contributed by atoms with Gasteiger partial charge in [-0.1, -0.05) is 36.4 Å². The number of methoxy groups -OCH3 is 1. The summed E-state index contributed by atoms with van der Waals surface area (Å²) in [5.74, 6) is -0.253. The van der Waals surface area contributed by atoms with Crippen molar-refractivity contribution in [1.82, 2.24) is 0 Å². The van der Waals surface area contributed by atoms with E-state index in [1.54, 1.807) is 6.08 Å². The molecule has 102 valence electrons. The summed E-state index contributed by atoms with van der Waals surface area (Å²) in [5.41, 5.74) is 1.06. The third-order valence-corrected chi connectivity index (χ3v) is 3.85. The molecule has 1 aromatic rings. The Bertz CT molecular complexity index is 441. The van der Waals surface area contributed by atoms with Crippen LogP contribution in [0.3, 0.4) is 0 Å². The molecule has 1 saturated carbocycles. The monoisotopic (exact) mass is 260 g/mol. The van der Waals surface area contributed by atoms with Crippen molar-refractivity contribution < 1.29 is 14.6 Å². The summed E-state index contributed by atoms with van der Waals surface area (Å²) in [5, 5.41) is 9.92. The number of allylic oxidation sites excluding steroid dienone is 1. The molecule has 1 N–H and O–H groups in total. The zero-order valence-electron chi connectivity index (χ0n) is 11.2. The van der Waals surface area contributed by atoms with Gasteiger partial charge >= 0.3 is 0 Å². The zero-order chi connectivity index (χ0) is 13.8. The van der Waals surface area contributed by atoms with Crippen molar-refractivity contribution in [3.8, 4) is 0 Å². The highest BCUT2D eigenvalue weighted by Gasteiger charge is 2.39. The van der Waals surface area contributed by atoms with Gasteiger partial charge in [0.1, 0.15) is 6.10 Å². The summed E-state index contributed by atoms with van der Waals surface area (Å²) in [6.07, 6.45) is 1.68. The number of ether oxygens (including phenoxy) is 1. The fraction of sp³-hybridized carbons (Fsp3) is 0.438. The number of hydrogen-bond donors (Lipinski definition) is 1. The van der Waals surface area contributed by atoms with Crippen LogP contribution in [-0.2, 0) is 9.53 Å². The summed E-state index contributed by atoms with van der Waals surface area (Å²) in [6.45, 7) is 3.85. The van der Waals surface area contributed by atoms with Gasteiger partial charge in [0.15, 0.2) is 5.78 Å². The van der Waals surface area contributed by atoms with Gasteiger partial charge in [0.2, 0.25) is 0 Å². The molecule has 3 heteroatoms. The molecule has 19 heavy (non-hydrogen) atoms. The Balaban J connectivity index is 2.27. The second-order valence-corrected chi connectivity index (χ2v) is 5.03. The number of carbonyl (C=O) groups excluding carboxylic acids is 1. The third kappa shape index (κ3) is 2.94. The number of hydrogen-bond acceptors (Lipinski definition) is 3. The molecule has 1 unspecified atom stereocenters. The maximum Gasteiger partial charge on any atom is 0.165 e. The SMILES string of the molecule is C=CC(c1ccccc1)[C@H]1C[C@@H](O)C[C@@H](OC)C1=O. The normalized spacial score (nSPS) is 28.9. The molecule has 1 aromatic carbocycles. The van der Waals surface area contributed by atoms with Crippen molar-refractivity contribution in [3.63, 3.8) is 0 Å². The standard InChI is InChI=1S/C16H20O3/c1-3-13(11-7-5-4-6-8-11)14-9-12(17)10-15(19-2)16(14)18/h3-8,12-15,17H,1,9-10H2,2H3/t12-,13?,14-,15-/m1/s1. The van der Waals surface area contributed by atoms with Gasteiger partial charge in [0.25, 0.3) is 0 Å². The highest BCUT2D eigenvalue weighted by molar-refractivity contribution is 5.87. The molecule has 0 saturated heterocycles. The lowest BCUT2D eigenvalue weighted by molar-refractivity contribution is -0.141. The molecule has 0 bridgehead atoms. The molecule has 0 spiro atoms. The predicted octanol–water partition coefficient (Wildman–Crippen LogP) is 2.31. The molecule has 3 nitrogen and oxygen atoms in total. The van der Waals surface area contributed by atoms with Gasteiger partial charge in [0, 0.05) is 25.4 Å². The van der Waals surface area contributed by atoms with E-state index in [9.17, 15) is 9.90 Å². The summed E-state index contributed by atoms with van der Waals surface area (Å²) in [7, 11) is 1.52. The zero-order valence-corrected chi connectivity index (χ0v) is 11.2. The summed E-state index contributed by atoms with van der Waals surface area (Å²) in [6, 6.07) is 9.82. The third-order valence-electron chi connectivity index (χ3n) is 3.85. The molecule has 4 atom stereocenters. The Hall–Kier alpha value is -1.45. The molecular weight excluding hydrogens is 240 g/mol. The highest BCUT2D eigenvalue weighted by atomic mass is 16.5. The van der Waals surface area contributed by atoms with Crippen molar-refractivity contribution in [3.05, 3.63) is 48.6 Å². The topological polar surface area (TPSA) is 46.5 Å². The van der Waals surface area contributed by atoms with Crippen LogP contribution in [0.25, 0.3) is 0 Å². The lowest BCUT2D eigenvalue weighted by atomic mass is 9.74. The minimum Gasteiger partial charge on any atom is -0.393 e. The van der Waals surface area contributed by atoms with E-state index in [0.29, 0.717) is 12.8 Å². The average Bonchev–Trinajstić information content (AvgIpc) is 2.44.